The number of nitrogens with one attached hydrogen (secondary N) is 2. The number of H-pyrrole nitrogens is 1. The van der Waals surface area contributed by atoms with Gasteiger partial charge in [-0.1, -0.05) is 25.1 Å². The van der Waals surface area contributed by atoms with Gasteiger partial charge in [-0.2, -0.15) is 0 Å². The number of hydrogen-bond donors (Lipinski definition) is 3. The molecule has 1 aromatic carbocycles. The van der Waals surface area contributed by atoms with Crippen LogP contribution in [0.5, 0.6) is 0 Å². The van der Waals surface area contributed by atoms with Gasteiger partial charge in [0.25, 0.3) is 5.91 Å². The smallest absolute Gasteiger partial charge is 0.326 e. The normalized spacial score (nSPS) is 12.2. The van der Waals surface area contributed by atoms with Crippen LogP contribution in [0.15, 0.2) is 30.5 Å². The Kier molecular flexibility index (Phi) is 4.85. The van der Waals surface area contributed by atoms with Gasteiger partial charge in [0.2, 0.25) is 0 Å². The second-order valence-electron chi connectivity index (χ2n) is 5.80. The number of aliphatic carboxylic acids is 1. The minimum Gasteiger partial charge on any atom is -0.480 e. The second-order valence-corrected chi connectivity index (χ2v) is 6.89. The summed E-state index contributed by atoms with van der Waals surface area (Å²) in [7, 11) is 0. The van der Waals surface area contributed by atoms with Crippen molar-refractivity contribution in [1.29, 1.82) is 0 Å². The van der Waals surface area contributed by atoms with E-state index in [9.17, 15) is 14.7 Å². The van der Waals surface area contributed by atoms with Crippen molar-refractivity contribution in [2.24, 2.45) is 0 Å². The van der Waals surface area contributed by atoms with E-state index in [-0.39, 0.29) is 12.3 Å². The Labute approximate surface area is 148 Å². The Morgan fingerprint density at radius 1 is 1.36 bits per heavy atom. The van der Waals surface area contributed by atoms with Crippen LogP contribution < -0.4 is 5.32 Å². The van der Waals surface area contributed by atoms with Crippen molar-refractivity contribution in [3.8, 4) is 0 Å². The van der Waals surface area contributed by atoms with Gasteiger partial charge in [-0.05, 0) is 25.0 Å². The number of carboxylic acids is 1. The Hall–Kier alpha value is -2.67. The van der Waals surface area contributed by atoms with Crippen LogP contribution in [0, 0.1) is 6.92 Å². The van der Waals surface area contributed by atoms with Gasteiger partial charge in [0.15, 0.2) is 0 Å². The first-order valence-corrected chi connectivity index (χ1v) is 8.86. The number of benzene rings is 1. The number of aryl methyl sites for hydroxylation is 2. The number of carboxylic acid groups (broad SMARTS) is 1. The Bertz CT molecular complexity index is 929. The molecule has 0 saturated heterocycles. The van der Waals surface area contributed by atoms with Crippen molar-refractivity contribution in [3.05, 3.63) is 51.6 Å². The number of aromatic amines is 1. The number of thiazole rings is 1. The van der Waals surface area contributed by atoms with Crippen LogP contribution in [0.2, 0.25) is 0 Å². The van der Waals surface area contributed by atoms with E-state index in [0.29, 0.717) is 10.6 Å². The molecule has 0 radical (unpaired) electrons. The number of carbonyl (C=O) groups excluding carboxylic acids is 1. The van der Waals surface area contributed by atoms with E-state index in [1.807, 2.05) is 31.2 Å². The van der Waals surface area contributed by atoms with Crippen LogP contribution in [0.25, 0.3) is 10.9 Å². The van der Waals surface area contributed by atoms with Crippen LogP contribution in [-0.2, 0) is 17.6 Å². The van der Waals surface area contributed by atoms with Crippen LogP contribution >= 0.6 is 11.3 Å². The van der Waals surface area contributed by atoms with Gasteiger partial charge in [0, 0.05) is 23.5 Å². The molecule has 0 aliphatic heterocycles. The van der Waals surface area contributed by atoms with Crippen molar-refractivity contribution in [2.45, 2.75) is 32.7 Å². The molecule has 0 spiro atoms. The summed E-state index contributed by atoms with van der Waals surface area (Å²) in [6, 6.07) is 6.68. The molecule has 3 N–H and O–H groups in total. The highest BCUT2D eigenvalue weighted by molar-refractivity contribution is 7.13. The lowest BCUT2D eigenvalue weighted by atomic mass is 10.0. The molecule has 1 atom stereocenters. The molecule has 0 aliphatic rings. The number of carbonyl (C=O) groups is 2. The predicted octanol–water partition coefficient (Wildman–Crippen LogP) is 2.92. The highest BCUT2D eigenvalue weighted by Gasteiger charge is 2.24. The Balaban J connectivity index is 1.80. The monoisotopic (exact) mass is 357 g/mol. The highest BCUT2D eigenvalue weighted by Crippen LogP contribution is 2.21. The van der Waals surface area contributed by atoms with E-state index in [0.717, 1.165) is 27.9 Å². The number of para-hydroxylation sites is 1. The summed E-state index contributed by atoms with van der Waals surface area (Å²) < 4.78 is 0. The molecule has 0 aliphatic carbocycles. The Morgan fingerprint density at radius 3 is 2.80 bits per heavy atom. The maximum Gasteiger partial charge on any atom is 0.326 e. The van der Waals surface area contributed by atoms with Crippen molar-refractivity contribution >= 4 is 34.1 Å². The molecule has 6 nitrogen and oxygen atoms in total. The predicted molar refractivity (Wildman–Crippen MR) is 97.1 cm³/mol. The average Bonchev–Trinajstić information content (AvgIpc) is 3.17. The lowest BCUT2D eigenvalue weighted by Crippen LogP contribution is -2.42. The van der Waals surface area contributed by atoms with Crippen LogP contribution in [0.4, 0.5) is 0 Å². The fourth-order valence-electron chi connectivity index (χ4n) is 2.76. The molecule has 1 amide bonds. The topological polar surface area (TPSA) is 95.1 Å². The quantitative estimate of drug-likeness (QED) is 0.632. The van der Waals surface area contributed by atoms with E-state index < -0.39 is 12.0 Å². The van der Waals surface area contributed by atoms with Gasteiger partial charge < -0.3 is 15.4 Å². The maximum atomic E-state index is 12.5. The van der Waals surface area contributed by atoms with Crippen LogP contribution in [0.3, 0.4) is 0 Å². The molecule has 3 aromatic rings. The minimum absolute atomic E-state index is 0.212. The van der Waals surface area contributed by atoms with Crippen LogP contribution in [0.1, 0.15) is 32.9 Å². The first-order valence-electron chi connectivity index (χ1n) is 8.04. The zero-order chi connectivity index (χ0) is 18.0. The molecule has 1 unspecified atom stereocenters. The van der Waals surface area contributed by atoms with Gasteiger partial charge in [0.05, 0.1) is 10.7 Å². The average molecular weight is 357 g/mol. The lowest BCUT2D eigenvalue weighted by Gasteiger charge is -2.13. The largest absolute Gasteiger partial charge is 0.480 e. The molecule has 0 fully saturated rings. The van der Waals surface area contributed by atoms with E-state index >= 15 is 0 Å². The molecule has 7 heteroatoms. The number of fused-ring (bicyclic) bond motifs is 1. The van der Waals surface area contributed by atoms with Crippen molar-refractivity contribution < 1.29 is 14.7 Å². The third-order valence-electron chi connectivity index (χ3n) is 4.05. The summed E-state index contributed by atoms with van der Waals surface area (Å²) in [5.41, 5.74) is 2.44. The molecule has 130 valence electrons. The van der Waals surface area contributed by atoms with E-state index in [1.54, 1.807) is 13.1 Å². The van der Waals surface area contributed by atoms with Gasteiger partial charge >= 0.3 is 5.97 Å². The zero-order valence-electron chi connectivity index (χ0n) is 14.0. The second kappa shape index (κ2) is 7.06. The fraction of sp³-hybridized carbons (Fsp3) is 0.278. The van der Waals surface area contributed by atoms with Gasteiger partial charge in [-0.25, -0.2) is 9.78 Å². The zero-order valence-corrected chi connectivity index (χ0v) is 14.8. The summed E-state index contributed by atoms with van der Waals surface area (Å²) in [6.07, 6.45) is 2.75. The van der Waals surface area contributed by atoms with Gasteiger partial charge in [-0.15, -0.1) is 11.3 Å². The SMILES string of the molecule is CCc1nc(C)c(C(=O)NC(Cc2c[nH]c3ccccc23)C(=O)O)s1. The van der Waals surface area contributed by atoms with E-state index in [4.69, 9.17) is 0 Å². The van der Waals surface area contributed by atoms with Crippen LogP contribution in [-0.4, -0.2) is 33.0 Å². The van der Waals surface area contributed by atoms with Crippen molar-refractivity contribution in [2.75, 3.05) is 0 Å². The first kappa shape index (κ1) is 17.2. The van der Waals surface area contributed by atoms with E-state index in [2.05, 4.69) is 15.3 Å². The number of rotatable bonds is 6. The first-order chi connectivity index (χ1) is 12.0. The number of aromatic nitrogens is 2. The number of nitrogens with zero attached hydrogens (tertiary/aromatic N) is 1. The Morgan fingerprint density at radius 2 is 2.12 bits per heavy atom. The summed E-state index contributed by atoms with van der Waals surface area (Å²) in [5, 5.41) is 14.0. The van der Waals surface area contributed by atoms with E-state index in [1.165, 1.54) is 11.3 Å². The molecule has 3 rings (SSSR count). The molecule has 2 aromatic heterocycles. The molecule has 0 bridgehead atoms. The number of hydrogen-bond acceptors (Lipinski definition) is 4. The van der Waals surface area contributed by atoms with Gasteiger partial charge in [-0.3, -0.25) is 4.79 Å². The molecule has 0 saturated carbocycles. The summed E-state index contributed by atoms with van der Waals surface area (Å²) in [4.78, 5) is 32.0. The van der Waals surface area contributed by atoms with Crippen molar-refractivity contribution in [1.82, 2.24) is 15.3 Å². The third-order valence-corrected chi connectivity index (χ3v) is 5.35. The standard InChI is InChI=1S/C18H19N3O3S/c1-3-15-20-10(2)16(25-15)17(22)21-14(18(23)24)8-11-9-19-13-7-5-4-6-12(11)13/h4-7,9,14,19H,3,8H2,1-2H3,(H,21,22)(H,23,24). The maximum absolute atomic E-state index is 12.5. The minimum atomic E-state index is -1.06. The highest BCUT2D eigenvalue weighted by atomic mass is 32.1. The molecule has 25 heavy (non-hydrogen) atoms. The molecule has 2 heterocycles. The summed E-state index contributed by atoms with van der Waals surface area (Å²) >= 11 is 1.31. The van der Waals surface area contributed by atoms with Crippen molar-refractivity contribution in [3.63, 3.8) is 0 Å². The molecular formula is C18H19N3O3S. The molecular weight excluding hydrogens is 338 g/mol. The number of amides is 1. The summed E-state index contributed by atoms with van der Waals surface area (Å²) in [6.45, 7) is 3.73. The fourth-order valence-corrected chi connectivity index (χ4v) is 3.67. The van der Waals surface area contributed by atoms with Gasteiger partial charge in [0.1, 0.15) is 10.9 Å². The third kappa shape index (κ3) is 3.56. The lowest BCUT2D eigenvalue weighted by molar-refractivity contribution is -0.139. The summed E-state index contributed by atoms with van der Waals surface area (Å²) in [5.74, 6) is -1.45.